The largest absolute Gasteiger partial charge is 0.496 e. The Morgan fingerprint density at radius 2 is 1.90 bits per heavy atom. The summed E-state index contributed by atoms with van der Waals surface area (Å²) in [6.45, 7) is 3.10. The lowest BCUT2D eigenvalue weighted by molar-refractivity contribution is -0.141. The number of ether oxygens (including phenoxy) is 2. The maximum absolute atomic E-state index is 13.5. The Morgan fingerprint density at radius 1 is 1.08 bits per heavy atom. The molecule has 0 aliphatic carbocycles. The molecule has 2 aromatic carbocycles. The molecule has 3 N–H and O–H groups in total. The highest BCUT2D eigenvalue weighted by atomic mass is 35.5. The molecule has 262 valence electrons. The average molecular weight is 721 g/mol. The van der Waals surface area contributed by atoms with Gasteiger partial charge in [0.25, 0.3) is 5.91 Å². The summed E-state index contributed by atoms with van der Waals surface area (Å²) in [4.78, 5) is 48.0. The van der Waals surface area contributed by atoms with Gasteiger partial charge < -0.3 is 30.0 Å². The summed E-state index contributed by atoms with van der Waals surface area (Å²) in [6.07, 6.45) is 4.07. The molecule has 1 atom stereocenters. The van der Waals surface area contributed by atoms with E-state index in [9.17, 15) is 14.4 Å². The van der Waals surface area contributed by atoms with Crippen LogP contribution in [-0.4, -0.2) is 77.1 Å². The van der Waals surface area contributed by atoms with Crippen LogP contribution >= 0.6 is 23.2 Å². The molecule has 4 aromatic rings. The third-order valence-corrected chi connectivity index (χ3v) is 9.97. The van der Waals surface area contributed by atoms with Gasteiger partial charge in [-0.25, -0.2) is 4.98 Å². The van der Waals surface area contributed by atoms with Gasteiger partial charge in [-0.05, 0) is 24.6 Å². The fourth-order valence-corrected chi connectivity index (χ4v) is 7.04. The molecule has 2 amide bonds. The highest BCUT2D eigenvalue weighted by molar-refractivity contribution is 6.39. The molecule has 2 aliphatic rings. The number of imidazole rings is 1. The summed E-state index contributed by atoms with van der Waals surface area (Å²) in [5, 5.41) is 10.0. The zero-order valence-corrected chi connectivity index (χ0v) is 29.7. The Bertz CT molecular complexity index is 1930. The number of hydrogen-bond acceptors (Lipinski definition) is 9. The zero-order valence-electron chi connectivity index (χ0n) is 28.1. The van der Waals surface area contributed by atoms with Crippen molar-refractivity contribution in [3.05, 3.63) is 81.5 Å². The normalized spacial score (nSPS) is 15.8. The van der Waals surface area contributed by atoms with Crippen LogP contribution in [0, 0.1) is 0 Å². The first-order valence-corrected chi connectivity index (χ1v) is 17.2. The number of carbonyl (C=O) groups is 3. The van der Waals surface area contributed by atoms with Crippen molar-refractivity contribution in [2.75, 3.05) is 39.2 Å². The number of aromatic nitrogens is 3. The SMILES string of the molecule is COC(=O)CCN1CCc2c(nc(C(=O)Nc3cccc(-c4ccnc(-c5ccc(CNCC6CCC(=O)N6)c(OC)c5)c4Cl)c3Cl)n2C)C1. The number of halogens is 2. The van der Waals surface area contributed by atoms with Crippen molar-refractivity contribution in [1.29, 1.82) is 0 Å². The number of nitrogens with one attached hydrogen (secondary N) is 3. The molecular formula is C36H39Cl2N7O5. The second-order valence-electron chi connectivity index (χ2n) is 12.3. The minimum atomic E-state index is -0.391. The van der Waals surface area contributed by atoms with Crippen LogP contribution in [0.4, 0.5) is 5.69 Å². The maximum atomic E-state index is 13.5. The molecule has 0 spiro atoms. The molecule has 12 nitrogen and oxygen atoms in total. The molecule has 4 heterocycles. The van der Waals surface area contributed by atoms with Gasteiger partial charge in [0.2, 0.25) is 5.91 Å². The summed E-state index contributed by atoms with van der Waals surface area (Å²) in [7, 11) is 4.83. The van der Waals surface area contributed by atoms with Gasteiger partial charge in [0.1, 0.15) is 5.75 Å². The van der Waals surface area contributed by atoms with E-state index in [1.807, 2.05) is 35.9 Å². The van der Waals surface area contributed by atoms with Gasteiger partial charge in [0.15, 0.2) is 5.82 Å². The summed E-state index contributed by atoms with van der Waals surface area (Å²) in [6, 6.07) is 13.1. The number of anilines is 1. The lowest BCUT2D eigenvalue weighted by Gasteiger charge is -2.26. The van der Waals surface area contributed by atoms with E-state index in [0.717, 1.165) is 35.5 Å². The highest BCUT2D eigenvalue weighted by Crippen LogP contribution is 2.41. The van der Waals surface area contributed by atoms with E-state index in [2.05, 4.69) is 30.8 Å². The Morgan fingerprint density at radius 3 is 2.66 bits per heavy atom. The first kappa shape index (κ1) is 35.3. The molecule has 14 heteroatoms. The predicted octanol–water partition coefficient (Wildman–Crippen LogP) is 5.01. The second-order valence-corrected chi connectivity index (χ2v) is 13.1. The number of esters is 1. The average Bonchev–Trinajstić information content (AvgIpc) is 3.69. The molecule has 2 aliphatic heterocycles. The van der Waals surface area contributed by atoms with Crippen molar-refractivity contribution >= 4 is 46.7 Å². The van der Waals surface area contributed by atoms with Crippen LogP contribution in [0.25, 0.3) is 22.4 Å². The lowest BCUT2D eigenvalue weighted by Crippen LogP contribution is -2.35. The molecular weight excluding hydrogens is 681 g/mol. The molecule has 1 unspecified atom stereocenters. The van der Waals surface area contributed by atoms with Crippen LogP contribution in [0.5, 0.6) is 5.75 Å². The number of carbonyl (C=O) groups excluding carboxylic acids is 3. The second kappa shape index (κ2) is 15.6. The van der Waals surface area contributed by atoms with Crippen LogP contribution in [0.2, 0.25) is 10.0 Å². The first-order valence-electron chi connectivity index (χ1n) is 16.4. The molecule has 1 saturated heterocycles. The summed E-state index contributed by atoms with van der Waals surface area (Å²) >= 11 is 13.9. The Kier molecular flexibility index (Phi) is 11.0. The molecule has 2 aromatic heterocycles. The van der Waals surface area contributed by atoms with E-state index in [1.165, 1.54) is 7.11 Å². The summed E-state index contributed by atoms with van der Waals surface area (Å²) in [5.41, 5.74) is 5.78. The number of rotatable bonds is 12. The number of nitrogens with zero attached hydrogens (tertiary/aromatic N) is 4. The fraction of sp³-hybridized carbons (Fsp3) is 0.361. The van der Waals surface area contributed by atoms with Gasteiger partial charge in [0.05, 0.1) is 47.8 Å². The molecule has 1 fully saturated rings. The number of amides is 2. The Balaban J connectivity index is 1.18. The van der Waals surface area contributed by atoms with Crippen molar-refractivity contribution in [3.8, 4) is 28.1 Å². The minimum absolute atomic E-state index is 0.0917. The first-order chi connectivity index (χ1) is 24.2. The lowest BCUT2D eigenvalue weighted by atomic mass is 10.0. The van der Waals surface area contributed by atoms with Crippen LogP contribution in [-0.2, 0) is 40.9 Å². The van der Waals surface area contributed by atoms with E-state index >= 15 is 0 Å². The summed E-state index contributed by atoms with van der Waals surface area (Å²) < 4.78 is 12.3. The van der Waals surface area contributed by atoms with E-state index in [0.29, 0.717) is 83.7 Å². The molecule has 50 heavy (non-hydrogen) atoms. The third kappa shape index (κ3) is 7.63. The number of pyridine rings is 1. The fourth-order valence-electron chi connectivity index (χ4n) is 6.44. The Labute approximate surface area is 300 Å². The monoisotopic (exact) mass is 719 g/mol. The van der Waals surface area contributed by atoms with Crippen LogP contribution in [0.3, 0.4) is 0 Å². The highest BCUT2D eigenvalue weighted by Gasteiger charge is 2.27. The number of benzene rings is 2. The van der Waals surface area contributed by atoms with E-state index < -0.39 is 5.91 Å². The Hall–Kier alpha value is -4.49. The zero-order chi connectivity index (χ0) is 35.4. The quantitative estimate of drug-likeness (QED) is 0.173. The van der Waals surface area contributed by atoms with Crippen molar-refractivity contribution in [2.45, 2.75) is 44.8 Å². The van der Waals surface area contributed by atoms with Crippen molar-refractivity contribution in [2.24, 2.45) is 7.05 Å². The van der Waals surface area contributed by atoms with Crippen molar-refractivity contribution < 1.29 is 23.9 Å². The van der Waals surface area contributed by atoms with E-state index in [4.69, 9.17) is 32.7 Å². The number of fused-ring (bicyclic) bond motifs is 1. The predicted molar refractivity (Wildman–Crippen MR) is 191 cm³/mol. The molecule has 0 saturated carbocycles. The van der Waals surface area contributed by atoms with E-state index in [-0.39, 0.29) is 23.7 Å². The van der Waals surface area contributed by atoms with Gasteiger partial charge in [-0.3, -0.25) is 24.3 Å². The maximum Gasteiger partial charge on any atom is 0.306 e. The molecule has 6 rings (SSSR count). The van der Waals surface area contributed by atoms with Crippen LogP contribution < -0.4 is 20.7 Å². The minimum Gasteiger partial charge on any atom is -0.496 e. The van der Waals surface area contributed by atoms with Crippen molar-refractivity contribution in [1.82, 2.24) is 30.1 Å². The summed E-state index contributed by atoms with van der Waals surface area (Å²) in [5.74, 6) is 0.397. The smallest absolute Gasteiger partial charge is 0.306 e. The standard InChI is InChI=1S/C36H39Cl2N7O5/c1-44-28-12-15-45(16-13-31(47)50-3)20-27(28)42-35(44)36(48)43-26-6-4-5-24(32(26)37)25-11-14-40-34(33(25)38)21-7-8-22(29(17-21)49-2)18-39-19-23-9-10-30(46)41-23/h4-8,11,14,17,23,39H,9-10,12-13,15-16,18-20H2,1-3H3,(H,41,46)(H,43,48). The number of hydrogen-bond donors (Lipinski definition) is 3. The van der Waals surface area contributed by atoms with Gasteiger partial charge in [-0.15, -0.1) is 0 Å². The van der Waals surface area contributed by atoms with Gasteiger partial charge in [0, 0.05) is 92.8 Å². The number of methoxy groups -OCH3 is 2. The topological polar surface area (TPSA) is 140 Å². The molecule has 0 bridgehead atoms. The van der Waals surface area contributed by atoms with Crippen molar-refractivity contribution in [3.63, 3.8) is 0 Å². The van der Waals surface area contributed by atoms with E-state index in [1.54, 1.807) is 31.5 Å². The van der Waals surface area contributed by atoms with Gasteiger partial charge in [-0.1, -0.05) is 47.5 Å². The van der Waals surface area contributed by atoms with Gasteiger partial charge >= 0.3 is 5.97 Å². The van der Waals surface area contributed by atoms with Crippen LogP contribution in [0.15, 0.2) is 48.7 Å². The third-order valence-electron chi connectivity index (χ3n) is 9.18. The van der Waals surface area contributed by atoms with Crippen LogP contribution in [0.1, 0.15) is 46.8 Å². The van der Waals surface area contributed by atoms with Gasteiger partial charge in [-0.2, -0.15) is 0 Å². The molecule has 0 radical (unpaired) electrons.